The van der Waals surface area contributed by atoms with Crippen molar-refractivity contribution in [2.24, 2.45) is 4.99 Å². The minimum absolute atomic E-state index is 0.0218. The smallest absolute Gasteiger partial charge is 0.234 e. The van der Waals surface area contributed by atoms with E-state index in [-0.39, 0.29) is 11.6 Å². The van der Waals surface area contributed by atoms with Gasteiger partial charge < -0.3 is 14.8 Å². The minimum atomic E-state index is -3.46. The van der Waals surface area contributed by atoms with Gasteiger partial charge in [0.2, 0.25) is 10.0 Å². The van der Waals surface area contributed by atoms with Gasteiger partial charge in [-0.05, 0) is 37.3 Å². The molecule has 2 N–H and O–H groups in total. The Bertz CT molecular complexity index is 1510. The highest BCUT2D eigenvalue weighted by Gasteiger charge is 2.23. The first-order valence-electron chi connectivity index (χ1n) is 12.8. The van der Waals surface area contributed by atoms with Gasteiger partial charge in [0, 0.05) is 42.6 Å². The van der Waals surface area contributed by atoms with Crippen molar-refractivity contribution in [2.75, 3.05) is 49.5 Å². The van der Waals surface area contributed by atoms with Crippen LogP contribution in [0.3, 0.4) is 0 Å². The van der Waals surface area contributed by atoms with Gasteiger partial charge in [-0.2, -0.15) is 0 Å². The number of rotatable bonds is 9. The summed E-state index contributed by atoms with van der Waals surface area (Å²) >= 11 is 0. The largest absolute Gasteiger partial charge is 0.494 e. The topological polar surface area (TPSA) is 98.2 Å². The quantitative estimate of drug-likeness (QED) is 0.309. The highest BCUT2D eigenvalue weighted by atomic mass is 32.2. The Balaban J connectivity index is 1.49. The number of fused-ring (bicyclic) bond motifs is 1. The molecule has 3 aromatic carbocycles. The van der Waals surface area contributed by atoms with E-state index >= 15 is 0 Å². The maximum Gasteiger partial charge on any atom is 0.234 e. The van der Waals surface area contributed by atoms with Crippen molar-refractivity contribution in [1.82, 2.24) is 9.88 Å². The Morgan fingerprint density at radius 1 is 1.00 bits per heavy atom. The van der Waals surface area contributed by atoms with E-state index in [0.717, 1.165) is 29.6 Å². The molecule has 9 heteroatoms. The first kappa shape index (κ1) is 26.0. The number of aliphatic imine (C=N–C) groups is 1. The molecule has 5 rings (SSSR count). The number of anilines is 1. The lowest BCUT2D eigenvalue weighted by molar-refractivity contribution is 0.0395. The van der Waals surface area contributed by atoms with Crippen molar-refractivity contribution >= 4 is 38.0 Å². The minimum Gasteiger partial charge on any atom is -0.494 e. The Hall–Kier alpha value is -3.66. The van der Waals surface area contributed by atoms with Crippen LogP contribution in [-0.4, -0.2) is 74.3 Å². The molecule has 4 aromatic rings. The lowest BCUT2D eigenvalue weighted by atomic mass is 10.0. The van der Waals surface area contributed by atoms with Gasteiger partial charge in [0.25, 0.3) is 0 Å². The van der Waals surface area contributed by atoms with Crippen molar-refractivity contribution < 1.29 is 18.3 Å². The summed E-state index contributed by atoms with van der Waals surface area (Å²) in [5, 5.41) is 11.7. The normalized spacial score (nSPS) is 15.1. The number of nitrogens with one attached hydrogen (secondary N) is 1. The second-order valence-corrected chi connectivity index (χ2v) is 11.3. The Morgan fingerprint density at radius 2 is 1.68 bits per heavy atom. The van der Waals surface area contributed by atoms with Crippen LogP contribution in [-0.2, 0) is 14.8 Å². The molecule has 0 saturated carbocycles. The third kappa shape index (κ3) is 5.60. The SMILES string of the molecule is CCS(=O)(=O)N(CCN1CCOCC1)c1ccc(N=C(c2ccccc2)c2c(O)[nH]c3ccccc23)cc1. The van der Waals surface area contributed by atoms with Gasteiger partial charge in [-0.25, -0.2) is 13.4 Å². The summed E-state index contributed by atoms with van der Waals surface area (Å²) in [7, 11) is -3.46. The number of hydrogen-bond donors (Lipinski definition) is 2. The fraction of sp³-hybridized carbons (Fsp3) is 0.276. The Labute approximate surface area is 223 Å². The van der Waals surface area contributed by atoms with E-state index in [1.54, 1.807) is 19.1 Å². The fourth-order valence-corrected chi connectivity index (χ4v) is 5.81. The summed E-state index contributed by atoms with van der Waals surface area (Å²) in [4.78, 5) is 10.2. The summed E-state index contributed by atoms with van der Waals surface area (Å²) in [5.74, 6) is 0.0716. The summed E-state index contributed by atoms with van der Waals surface area (Å²) < 4.78 is 32.8. The number of sulfonamides is 1. The van der Waals surface area contributed by atoms with E-state index in [9.17, 15) is 13.5 Å². The highest BCUT2D eigenvalue weighted by molar-refractivity contribution is 7.92. The molecule has 1 aliphatic heterocycles. The summed E-state index contributed by atoms with van der Waals surface area (Å²) in [6.45, 7) is 5.62. The number of para-hydroxylation sites is 1. The average Bonchev–Trinajstić information content (AvgIpc) is 3.29. The monoisotopic (exact) mass is 532 g/mol. The molecular weight excluding hydrogens is 500 g/mol. The molecular formula is C29H32N4O4S. The van der Waals surface area contributed by atoms with Crippen LogP contribution in [0.4, 0.5) is 11.4 Å². The maximum absolute atomic E-state index is 13.0. The van der Waals surface area contributed by atoms with E-state index in [4.69, 9.17) is 9.73 Å². The number of morpholine rings is 1. The van der Waals surface area contributed by atoms with Crippen LogP contribution < -0.4 is 4.31 Å². The lowest BCUT2D eigenvalue weighted by Crippen LogP contribution is -2.43. The molecule has 1 saturated heterocycles. The van der Waals surface area contributed by atoms with Gasteiger partial charge in [-0.1, -0.05) is 48.5 Å². The molecule has 1 aliphatic rings. The van der Waals surface area contributed by atoms with Gasteiger partial charge in [-0.15, -0.1) is 0 Å². The van der Waals surface area contributed by atoms with Gasteiger partial charge in [0.05, 0.1) is 41.6 Å². The van der Waals surface area contributed by atoms with E-state index in [0.29, 0.717) is 49.0 Å². The summed E-state index contributed by atoms with van der Waals surface area (Å²) in [6.07, 6.45) is 0. The second-order valence-electron chi connectivity index (χ2n) is 9.16. The molecule has 0 spiro atoms. The maximum atomic E-state index is 13.0. The van der Waals surface area contributed by atoms with Gasteiger partial charge in [-0.3, -0.25) is 9.21 Å². The van der Waals surface area contributed by atoms with Crippen LogP contribution >= 0.6 is 0 Å². The van der Waals surface area contributed by atoms with Crippen molar-refractivity contribution in [3.8, 4) is 5.88 Å². The molecule has 0 bridgehead atoms. The zero-order chi connectivity index (χ0) is 26.5. The van der Waals surface area contributed by atoms with Crippen LogP contribution in [0.2, 0.25) is 0 Å². The fourth-order valence-electron chi connectivity index (χ4n) is 4.69. The molecule has 0 radical (unpaired) electrons. The molecule has 38 heavy (non-hydrogen) atoms. The van der Waals surface area contributed by atoms with E-state index in [1.165, 1.54) is 4.31 Å². The second kappa shape index (κ2) is 11.4. The van der Waals surface area contributed by atoms with Crippen molar-refractivity contribution in [1.29, 1.82) is 0 Å². The Kier molecular flexibility index (Phi) is 7.78. The van der Waals surface area contributed by atoms with Crippen LogP contribution in [0.15, 0.2) is 83.9 Å². The number of aromatic hydroxyl groups is 1. The Morgan fingerprint density at radius 3 is 2.39 bits per heavy atom. The third-order valence-corrected chi connectivity index (χ3v) is 8.57. The van der Waals surface area contributed by atoms with Gasteiger partial charge in [0.15, 0.2) is 5.88 Å². The molecule has 8 nitrogen and oxygen atoms in total. The zero-order valence-corrected chi connectivity index (χ0v) is 22.2. The van der Waals surface area contributed by atoms with E-state index in [2.05, 4.69) is 9.88 Å². The molecule has 0 atom stereocenters. The third-order valence-electron chi connectivity index (χ3n) is 6.77. The first-order chi connectivity index (χ1) is 18.5. The van der Waals surface area contributed by atoms with Gasteiger partial charge in [0.1, 0.15) is 0 Å². The van der Waals surface area contributed by atoms with Crippen LogP contribution in [0.5, 0.6) is 5.88 Å². The van der Waals surface area contributed by atoms with Gasteiger partial charge >= 0.3 is 0 Å². The number of hydrogen-bond acceptors (Lipinski definition) is 6. The van der Waals surface area contributed by atoms with Crippen molar-refractivity contribution in [2.45, 2.75) is 6.92 Å². The number of ether oxygens (including phenoxy) is 1. The number of H-pyrrole nitrogens is 1. The number of aromatic nitrogens is 1. The standard InChI is InChI=1S/C29H32N4O4S/c1-2-38(35,36)33(17-16-32-18-20-37-21-19-32)24-14-12-23(13-15-24)30-28(22-8-4-3-5-9-22)27-25-10-6-7-11-26(25)31-29(27)34/h3-15,31,34H,2,16-21H2,1H3. The van der Waals surface area contributed by atoms with Crippen LogP contribution in [0.25, 0.3) is 10.9 Å². The molecule has 0 aliphatic carbocycles. The molecule has 198 valence electrons. The van der Waals surface area contributed by atoms with Crippen molar-refractivity contribution in [3.63, 3.8) is 0 Å². The molecule has 1 aromatic heterocycles. The molecule has 0 unspecified atom stereocenters. The summed E-state index contributed by atoms with van der Waals surface area (Å²) in [6, 6.07) is 24.6. The first-order valence-corrected chi connectivity index (χ1v) is 14.4. The molecule has 1 fully saturated rings. The predicted molar refractivity (Wildman–Crippen MR) is 152 cm³/mol. The number of nitrogens with zero attached hydrogens (tertiary/aromatic N) is 3. The average molecular weight is 533 g/mol. The van der Waals surface area contributed by atoms with E-state index in [1.807, 2.05) is 66.7 Å². The van der Waals surface area contributed by atoms with E-state index < -0.39 is 10.0 Å². The van der Waals surface area contributed by atoms with Crippen LogP contribution in [0, 0.1) is 0 Å². The number of benzene rings is 3. The molecule has 0 amide bonds. The zero-order valence-electron chi connectivity index (χ0n) is 21.4. The highest BCUT2D eigenvalue weighted by Crippen LogP contribution is 2.32. The summed E-state index contributed by atoms with van der Waals surface area (Å²) in [5.41, 5.74) is 4.18. The number of aromatic amines is 1. The van der Waals surface area contributed by atoms with Crippen molar-refractivity contribution in [3.05, 3.63) is 90.0 Å². The van der Waals surface area contributed by atoms with Crippen LogP contribution in [0.1, 0.15) is 18.1 Å². The predicted octanol–water partition coefficient (Wildman–Crippen LogP) is 4.53. The lowest BCUT2D eigenvalue weighted by Gasteiger charge is -2.30. The molecule has 2 heterocycles.